The summed E-state index contributed by atoms with van der Waals surface area (Å²) in [6, 6.07) is 27.3. The second-order valence-corrected chi connectivity index (χ2v) is 13.4. The van der Waals surface area contributed by atoms with Crippen LogP contribution < -0.4 is 15.5 Å². The summed E-state index contributed by atoms with van der Waals surface area (Å²) in [6.07, 6.45) is 3.30. The minimum atomic E-state index is -0.162. The van der Waals surface area contributed by atoms with Gasteiger partial charge in [-0.25, -0.2) is 0 Å². The Hall–Kier alpha value is -4.93. The standard InChI is InChI=1S/C39H44N6O4/c1-42(2)38(48)31-8-4-29(5-9-31)27-44-20-21-45-34(16-17-35(45)39(44)18-3-19-39)37(47)40-26-28-6-12-32(13-7-28)41-36(46)30-10-14-33(15-11-30)43-22-24-49-25-23-43/h4-17H,3,18-27H2,1-2H3,(H,40,47)(H,41,46). The second-order valence-electron chi connectivity index (χ2n) is 13.4. The van der Waals surface area contributed by atoms with E-state index < -0.39 is 0 Å². The molecule has 3 aromatic carbocycles. The zero-order valence-corrected chi connectivity index (χ0v) is 28.3. The summed E-state index contributed by atoms with van der Waals surface area (Å²) >= 11 is 0. The molecule has 10 nitrogen and oxygen atoms in total. The minimum absolute atomic E-state index is 0.00603. The fourth-order valence-corrected chi connectivity index (χ4v) is 7.28. The van der Waals surface area contributed by atoms with Crippen LogP contribution in [0.4, 0.5) is 11.4 Å². The Labute approximate surface area is 287 Å². The number of amides is 3. The lowest BCUT2D eigenvalue weighted by Gasteiger charge is -2.53. The zero-order valence-electron chi connectivity index (χ0n) is 28.3. The molecule has 3 aliphatic rings. The monoisotopic (exact) mass is 660 g/mol. The highest BCUT2D eigenvalue weighted by molar-refractivity contribution is 6.04. The number of fused-ring (bicyclic) bond motifs is 2. The third kappa shape index (κ3) is 6.71. The molecule has 1 saturated carbocycles. The maximum atomic E-state index is 13.4. The molecule has 0 bridgehead atoms. The number of morpholine rings is 1. The van der Waals surface area contributed by atoms with Crippen LogP contribution in [0, 0.1) is 0 Å². The Morgan fingerprint density at radius 3 is 2.08 bits per heavy atom. The van der Waals surface area contributed by atoms with Crippen LogP contribution in [0.1, 0.15) is 67.3 Å². The molecule has 0 radical (unpaired) electrons. The van der Waals surface area contributed by atoms with Crippen molar-refractivity contribution in [3.8, 4) is 0 Å². The summed E-state index contributed by atoms with van der Waals surface area (Å²) in [6.45, 7) is 5.94. The van der Waals surface area contributed by atoms with Crippen molar-refractivity contribution < 1.29 is 19.1 Å². The molecule has 3 heterocycles. The lowest BCUT2D eigenvalue weighted by atomic mass is 9.71. The van der Waals surface area contributed by atoms with Crippen molar-refractivity contribution in [2.75, 3.05) is 57.2 Å². The lowest BCUT2D eigenvalue weighted by molar-refractivity contribution is -0.0217. The molecule has 49 heavy (non-hydrogen) atoms. The highest BCUT2D eigenvalue weighted by Gasteiger charge is 2.48. The smallest absolute Gasteiger partial charge is 0.268 e. The number of carbonyl (C=O) groups excluding carboxylic acids is 3. The number of hydrogen-bond acceptors (Lipinski definition) is 6. The van der Waals surface area contributed by atoms with Crippen molar-refractivity contribution in [3.63, 3.8) is 0 Å². The van der Waals surface area contributed by atoms with E-state index in [1.54, 1.807) is 19.0 Å². The highest BCUT2D eigenvalue weighted by Crippen LogP contribution is 2.49. The van der Waals surface area contributed by atoms with Crippen LogP contribution >= 0.6 is 0 Å². The number of ether oxygens (including phenoxy) is 1. The minimum Gasteiger partial charge on any atom is -0.378 e. The second kappa shape index (κ2) is 13.9. The number of nitrogens with zero attached hydrogens (tertiary/aromatic N) is 4. The summed E-state index contributed by atoms with van der Waals surface area (Å²) in [5.74, 6) is -0.246. The average Bonchev–Trinajstić information content (AvgIpc) is 3.55. The van der Waals surface area contributed by atoms with Gasteiger partial charge < -0.3 is 29.7 Å². The van der Waals surface area contributed by atoms with Crippen molar-refractivity contribution in [1.82, 2.24) is 19.7 Å². The summed E-state index contributed by atoms with van der Waals surface area (Å²) in [7, 11) is 3.53. The first-order valence-electron chi connectivity index (χ1n) is 17.2. The van der Waals surface area contributed by atoms with Crippen LogP contribution in [-0.2, 0) is 29.9 Å². The van der Waals surface area contributed by atoms with E-state index >= 15 is 0 Å². The Kier molecular flexibility index (Phi) is 9.25. The summed E-state index contributed by atoms with van der Waals surface area (Å²) in [5, 5.41) is 6.07. The van der Waals surface area contributed by atoms with Gasteiger partial charge in [-0.3, -0.25) is 19.3 Å². The SMILES string of the molecule is CN(C)C(=O)c1ccc(CN2CCn3c(C(=O)NCc4ccc(NC(=O)c5ccc(N6CCOCC6)cc5)cc4)ccc3C23CCC3)cc1. The highest BCUT2D eigenvalue weighted by atomic mass is 16.5. The predicted octanol–water partition coefficient (Wildman–Crippen LogP) is 5.10. The van der Waals surface area contributed by atoms with Gasteiger partial charge in [-0.05, 0) is 91.1 Å². The number of aromatic nitrogens is 1. The zero-order chi connectivity index (χ0) is 34.0. The van der Waals surface area contributed by atoms with Gasteiger partial charge in [-0.15, -0.1) is 0 Å². The first-order valence-corrected chi connectivity index (χ1v) is 17.2. The first kappa shape index (κ1) is 32.6. The number of rotatable bonds is 9. The van der Waals surface area contributed by atoms with Crippen LogP contribution in [0.3, 0.4) is 0 Å². The van der Waals surface area contributed by atoms with Gasteiger partial charge in [0, 0.05) is 81.6 Å². The molecule has 254 valence electrons. The fraction of sp³-hybridized carbons (Fsp3) is 0.359. The summed E-state index contributed by atoms with van der Waals surface area (Å²) in [5.41, 5.74) is 7.05. The number of carbonyl (C=O) groups is 3. The van der Waals surface area contributed by atoms with Crippen LogP contribution in [0.5, 0.6) is 0 Å². The molecule has 1 aromatic heterocycles. The molecule has 2 N–H and O–H groups in total. The molecular formula is C39H44N6O4. The number of nitrogens with one attached hydrogen (secondary N) is 2. The Bertz CT molecular complexity index is 1800. The molecule has 10 heteroatoms. The molecule has 2 aliphatic heterocycles. The van der Waals surface area contributed by atoms with Gasteiger partial charge in [-0.1, -0.05) is 24.3 Å². The number of anilines is 2. The van der Waals surface area contributed by atoms with Gasteiger partial charge in [0.2, 0.25) is 0 Å². The third-order valence-electron chi connectivity index (χ3n) is 10.2. The van der Waals surface area contributed by atoms with E-state index in [9.17, 15) is 14.4 Å². The summed E-state index contributed by atoms with van der Waals surface area (Å²) < 4.78 is 7.63. The molecule has 3 amide bonds. The van der Waals surface area contributed by atoms with Gasteiger partial charge in [0.1, 0.15) is 5.69 Å². The van der Waals surface area contributed by atoms with Crippen LogP contribution in [0.15, 0.2) is 84.9 Å². The van der Waals surface area contributed by atoms with E-state index in [0.29, 0.717) is 29.1 Å². The largest absolute Gasteiger partial charge is 0.378 e. The maximum Gasteiger partial charge on any atom is 0.268 e. The van der Waals surface area contributed by atoms with Gasteiger partial charge in [-0.2, -0.15) is 0 Å². The topological polar surface area (TPSA) is 99.2 Å². The van der Waals surface area contributed by atoms with Gasteiger partial charge >= 0.3 is 0 Å². The van der Waals surface area contributed by atoms with Crippen LogP contribution in [0.25, 0.3) is 0 Å². The van der Waals surface area contributed by atoms with E-state index in [1.165, 1.54) is 11.3 Å². The van der Waals surface area contributed by atoms with Crippen molar-refractivity contribution in [2.24, 2.45) is 0 Å². The van der Waals surface area contributed by atoms with Crippen molar-refractivity contribution >= 4 is 29.1 Å². The molecule has 7 rings (SSSR count). The van der Waals surface area contributed by atoms with Crippen LogP contribution in [0.2, 0.25) is 0 Å². The van der Waals surface area contributed by atoms with Gasteiger partial charge in [0.05, 0.1) is 18.8 Å². The van der Waals surface area contributed by atoms with E-state index in [4.69, 9.17) is 4.74 Å². The van der Waals surface area contributed by atoms with E-state index in [0.717, 1.165) is 76.5 Å². The van der Waals surface area contributed by atoms with Crippen molar-refractivity contribution in [3.05, 3.63) is 119 Å². The number of benzene rings is 3. The third-order valence-corrected chi connectivity index (χ3v) is 10.2. The average molecular weight is 661 g/mol. The predicted molar refractivity (Wildman–Crippen MR) is 190 cm³/mol. The maximum absolute atomic E-state index is 13.4. The molecule has 1 aliphatic carbocycles. The molecule has 4 aromatic rings. The molecule has 2 fully saturated rings. The Morgan fingerprint density at radius 1 is 0.755 bits per heavy atom. The Balaban J connectivity index is 0.941. The Morgan fingerprint density at radius 2 is 1.43 bits per heavy atom. The van der Waals surface area contributed by atoms with E-state index in [-0.39, 0.29) is 23.3 Å². The molecule has 1 saturated heterocycles. The van der Waals surface area contributed by atoms with Gasteiger partial charge in [0.15, 0.2) is 0 Å². The fourth-order valence-electron chi connectivity index (χ4n) is 7.28. The normalized spacial score (nSPS) is 16.8. The quantitative estimate of drug-likeness (QED) is 0.259. The molecule has 0 unspecified atom stereocenters. The number of hydrogen-bond donors (Lipinski definition) is 2. The first-order chi connectivity index (χ1) is 23.8. The lowest BCUT2D eigenvalue weighted by Crippen LogP contribution is -2.56. The summed E-state index contributed by atoms with van der Waals surface area (Å²) in [4.78, 5) is 45.0. The van der Waals surface area contributed by atoms with Crippen molar-refractivity contribution in [2.45, 2.75) is 44.4 Å². The van der Waals surface area contributed by atoms with Gasteiger partial charge in [0.25, 0.3) is 17.7 Å². The van der Waals surface area contributed by atoms with E-state index in [1.807, 2.05) is 66.7 Å². The molecule has 1 spiro atoms. The van der Waals surface area contributed by atoms with Crippen LogP contribution in [-0.4, -0.2) is 79.0 Å². The van der Waals surface area contributed by atoms with Crippen molar-refractivity contribution in [1.29, 1.82) is 0 Å². The van der Waals surface area contributed by atoms with E-state index in [2.05, 4.69) is 43.2 Å². The molecule has 0 atom stereocenters. The molecular weight excluding hydrogens is 616 g/mol.